The van der Waals surface area contributed by atoms with Crippen LogP contribution in [0.4, 0.5) is 0 Å². The van der Waals surface area contributed by atoms with Crippen molar-refractivity contribution >= 4 is 17.4 Å². The third-order valence-electron chi connectivity index (χ3n) is 6.37. The summed E-state index contributed by atoms with van der Waals surface area (Å²) in [4.78, 5) is 27.6. The number of likely N-dealkylation sites (tertiary alicyclic amines) is 1. The minimum absolute atomic E-state index is 0.0329. The van der Waals surface area contributed by atoms with Crippen LogP contribution in [0, 0.1) is 6.92 Å². The number of ether oxygens (including phenoxy) is 2. The maximum Gasteiger partial charge on any atom is 0.295 e. The van der Waals surface area contributed by atoms with E-state index in [9.17, 15) is 14.7 Å². The number of amides is 1. The summed E-state index contributed by atoms with van der Waals surface area (Å²) in [7, 11) is 1.55. The lowest BCUT2D eigenvalue weighted by Gasteiger charge is -2.26. The molecule has 0 spiro atoms. The molecule has 1 fully saturated rings. The Kier molecular flexibility index (Phi) is 8.39. The molecule has 0 saturated carbocycles. The predicted octanol–water partition coefficient (Wildman–Crippen LogP) is 5.54. The summed E-state index contributed by atoms with van der Waals surface area (Å²) in [6.45, 7) is 11.5. The molecule has 0 radical (unpaired) electrons. The quantitative estimate of drug-likeness (QED) is 0.221. The third-order valence-corrected chi connectivity index (χ3v) is 6.37. The fraction of sp³-hybridized carbons (Fsp3) is 0.448. The van der Waals surface area contributed by atoms with Gasteiger partial charge in [-0.1, -0.05) is 58.4 Å². The fourth-order valence-corrected chi connectivity index (χ4v) is 4.25. The first-order valence-electron chi connectivity index (χ1n) is 12.2. The second kappa shape index (κ2) is 11.1. The van der Waals surface area contributed by atoms with Crippen LogP contribution in [0.15, 0.2) is 48.0 Å². The van der Waals surface area contributed by atoms with E-state index in [2.05, 4.69) is 27.7 Å². The predicted molar refractivity (Wildman–Crippen MR) is 138 cm³/mol. The number of aliphatic hydroxyl groups is 1. The van der Waals surface area contributed by atoms with Crippen LogP contribution in [0.25, 0.3) is 5.76 Å². The number of carbonyl (C=O) groups excluding carboxylic acids is 2. The van der Waals surface area contributed by atoms with E-state index in [-0.39, 0.29) is 29.9 Å². The number of hydrogen-bond donors (Lipinski definition) is 1. The van der Waals surface area contributed by atoms with E-state index in [0.717, 1.165) is 35.3 Å². The highest BCUT2D eigenvalue weighted by molar-refractivity contribution is 6.46. The first-order chi connectivity index (χ1) is 16.6. The summed E-state index contributed by atoms with van der Waals surface area (Å²) in [5.41, 5.74) is 3.30. The molecule has 3 rings (SSSR count). The van der Waals surface area contributed by atoms with Crippen LogP contribution >= 0.6 is 0 Å². The number of unbranched alkanes of at least 4 members (excludes halogenated alkanes) is 1. The number of rotatable bonds is 9. The summed E-state index contributed by atoms with van der Waals surface area (Å²) < 4.78 is 11.0. The molecule has 188 valence electrons. The molecule has 1 unspecified atom stereocenters. The molecular weight excluding hydrogens is 442 g/mol. The van der Waals surface area contributed by atoms with Gasteiger partial charge in [-0.3, -0.25) is 9.59 Å². The van der Waals surface area contributed by atoms with Gasteiger partial charge in [-0.25, -0.2) is 0 Å². The number of Topliss-reactive ketones (excluding diaryl/α,β-unsaturated/α-hetero) is 1. The van der Waals surface area contributed by atoms with Crippen molar-refractivity contribution < 1.29 is 24.2 Å². The van der Waals surface area contributed by atoms with Crippen LogP contribution in [0.1, 0.15) is 68.8 Å². The van der Waals surface area contributed by atoms with Gasteiger partial charge in [-0.05, 0) is 53.6 Å². The van der Waals surface area contributed by atoms with Crippen LogP contribution in [-0.4, -0.2) is 48.6 Å². The zero-order valence-corrected chi connectivity index (χ0v) is 21.7. The highest BCUT2D eigenvalue weighted by Crippen LogP contribution is 2.40. The van der Waals surface area contributed by atoms with E-state index in [0.29, 0.717) is 12.2 Å². The van der Waals surface area contributed by atoms with Crippen LogP contribution in [0.3, 0.4) is 0 Å². The molecular formula is C29H37NO5. The lowest BCUT2D eigenvalue weighted by Crippen LogP contribution is -2.32. The lowest BCUT2D eigenvalue weighted by atomic mass is 9.85. The van der Waals surface area contributed by atoms with Crippen LogP contribution in [0.5, 0.6) is 5.75 Å². The maximum atomic E-state index is 13.2. The van der Waals surface area contributed by atoms with Gasteiger partial charge < -0.3 is 19.5 Å². The molecule has 0 aliphatic carbocycles. The number of aryl methyl sites for hydroxylation is 1. The molecule has 1 saturated heterocycles. The molecule has 1 atom stereocenters. The van der Waals surface area contributed by atoms with E-state index in [1.807, 2.05) is 31.2 Å². The maximum absolute atomic E-state index is 13.2. The second-order valence-corrected chi connectivity index (χ2v) is 10.0. The molecule has 1 heterocycles. The van der Waals surface area contributed by atoms with Gasteiger partial charge in [0.2, 0.25) is 0 Å². The number of ketones is 1. The number of nitrogens with zero attached hydrogens (tertiary/aromatic N) is 1. The smallest absolute Gasteiger partial charge is 0.295 e. The van der Waals surface area contributed by atoms with Gasteiger partial charge in [-0.2, -0.15) is 0 Å². The van der Waals surface area contributed by atoms with E-state index in [4.69, 9.17) is 9.47 Å². The normalized spacial score (nSPS) is 17.8. The van der Waals surface area contributed by atoms with Crippen LogP contribution in [-0.2, 0) is 19.7 Å². The van der Waals surface area contributed by atoms with Crippen molar-refractivity contribution in [1.82, 2.24) is 4.90 Å². The monoisotopic (exact) mass is 479 g/mol. The van der Waals surface area contributed by atoms with Gasteiger partial charge in [-0.15, -0.1) is 0 Å². The molecule has 6 nitrogen and oxygen atoms in total. The number of hydrogen-bond acceptors (Lipinski definition) is 5. The van der Waals surface area contributed by atoms with E-state index in [1.54, 1.807) is 25.3 Å². The summed E-state index contributed by atoms with van der Waals surface area (Å²) >= 11 is 0. The molecule has 1 N–H and O–H groups in total. The summed E-state index contributed by atoms with van der Waals surface area (Å²) in [6.07, 6.45) is 2.00. The van der Waals surface area contributed by atoms with Crippen molar-refractivity contribution in [3.05, 3.63) is 70.3 Å². The number of benzene rings is 2. The van der Waals surface area contributed by atoms with Gasteiger partial charge in [0.1, 0.15) is 11.5 Å². The highest BCUT2D eigenvalue weighted by atomic mass is 16.5. The fourth-order valence-electron chi connectivity index (χ4n) is 4.25. The molecule has 0 bridgehead atoms. The minimum atomic E-state index is -0.694. The van der Waals surface area contributed by atoms with Crippen molar-refractivity contribution in [2.75, 3.05) is 26.9 Å². The Hall–Kier alpha value is -3.12. The van der Waals surface area contributed by atoms with E-state index in [1.165, 1.54) is 4.90 Å². The highest BCUT2D eigenvalue weighted by Gasteiger charge is 2.45. The first-order valence-corrected chi connectivity index (χ1v) is 12.2. The van der Waals surface area contributed by atoms with Crippen LogP contribution in [0.2, 0.25) is 0 Å². The van der Waals surface area contributed by atoms with Gasteiger partial charge >= 0.3 is 0 Å². The van der Waals surface area contributed by atoms with Crippen molar-refractivity contribution in [3.8, 4) is 5.75 Å². The zero-order chi connectivity index (χ0) is 25.8. The van der Waals surface area contributed by atoms with Crippen molar-refractivity contribution in [3.63, 3.8) is 0 Å². The molecule has 1 aliphatic heterocycles. The Morgan fingerprint density at radius 3 is 2.31 bits per heavy atom. The first kappa shape index (κ1) is 26.5. The molecule has 1 aliphatic rings. The van der Waals surface area contributed by atoms with Crippen molar-refractivity contribution in [2.45, 2.75) is 58.9 Å². The molecule has 2 aromatic rings. The number of carbonyl (C=O) groups is 2. The van der Waals surface area contributed by atoms with Gasteiger partial charge in [0.15, 0.2) is 0 Å². The summed E-state index contributed by atoms with van der Waals surface area (Å²) in [5, 5.41) is 11.3. The molecule has 35 heavy (non-hydrogen) atoms. The summed E-state index contributed by atoms with van der Waals surface area (Å²) in [6, 6.07) is 12.5. The Morgan fingerprint density at radius 1 is 1.06 bits per heavy atom. The van der Waals surface area contributed by atoms with Crippen molar-refractivity contribution in [2.24, 2.45) is 0 Å². The summed E-state index contributed by atoms with van der Waals surface area (Å²) in [5.74, 6) is -0.768. The Labute approximate surface area is 208 Å². The zero-order valence-electron chi connectivity index (χ0n) is 21.7. The SMILES string of the molecule is CCCCOc1ccc(C(O)=C2C(=O)C(=O)N(CCOC)C2c2ccc(C(C)(C)C)cc2)cc1C. The van der Waals surface area contributed by atoms with Gasteiger partial charge in [0, 0.05) is 19.2 Å². The Bertz CT molecular complexity index is 1100. The molecule has 6 heteroatoms. The molecule has 0 aromatic heterocycles. The largest absolute Gasteiger partial charge is 0.507 e. The topological polar surface area (TPSA) is 76.1 Å². The van der Waals surface area contributed by atoms with E-state index >= 15 is 0 Å². The van der Waals surface area contributed by atoms with Crippen molar-refractivity contribution in [1.29, 1.82) is 0 Å². The van der Waals surface area contributed by atoms with Crippen LogP contribution < -0.4 is 4.74 Å². The standard InChI is InChI=1S/C29H37NO5/c1-7-8-16-35-23-14-11-21(18-19(23)2)26(31)24-25(30(15-17-34-6)28(33)27(24)32)20-9-12-22(13-10-20)29(3,4)5/h9-14,18,25,31H,7-8,15-17H2,1-6H3. The average molecular weight is 480 g/mol. The number of aliphatic hydroxyl groups excluding tert-OH is 1. The minimum Gasteiger partial charge on any atom is -0.507 e. The average Bonchev–Trinajstić information content (AvgIpc) is 3.07. The molecule has 1 amide bonds. The van der Waals surface area contributed by atoms with E-state index < -0.39 is 17.7 Å². The molecule has 2 aromatic carbocycles. The second-order valence-electron chi connectivity index (χ2n) is 10.0. The van der Waals surface area contributed by atoms with Gasteiger partial charge in [0.05, 0.1) is 24.8 Å². The van der Waals surface area contributed by atoms with Gasteiger partial charge in [0.25, 0.3) is 11.7 Å². The third kappa shape index (κ3) is 5.76. The number of methoxy groups -OCH3 is 1. The Balaban J connectivity index is 2.06. The lowest BCUT2D eigenvalue weighted by molar-refractivity contribution is -0.140. The Morgan fingerprint density at radius 2 is 1.74 bits per heavy atom.